The Hall–Kier alpha value is -3.47. The first-order valence-electron chi connectivity index (χ1n) is 11.3. The Morgan fingerprint density at radius 1 is 1.29 bits per heavy atom. The molecule has 5 rings (SSSR count). The van der Waals surface area contributed by atoms with Crippen molar-refractivity contribution in [1.82, 2.24) is 15.0 Å². The van der Waals surface area contributed by atoms with E-state index in [1.807, 2.05) is 25.1 Å². The summed E-state index contributed by atoms with van der Waals surface area (Å²) in [5.41, 5.74) is 3.58. The van der Waals surface area contributed by atoms with Crippen molar-refractivity contribution in [2.24, 2.45) is 0 Å². The summed E-state index contributed by atoms with van der Waals surface area (Å²) >= 11 is 6.64. The van der Waals surface area contributed by atoms with E-state index in [1.54, 1.807) is 23.2 Å². The lowest BCUT2D eigenvalue weighted by molar-refractivity contribution is 0.0521. The summed E-state index contributed by atoms with van der Waals surface area (Å²) in [5, 5.41) is 21.9. The standard InChI is InChI=1S/C24H25ClN6O4/c1-14-8-15(2-5-26-14)22-19(25)10-20-23(29-22)31(17-4-7-30(20)11-17)24(34)28-16-3-6-27-21(9-16)35-13-18(33)12-32/h2-3,5-6,8-10,17-18,32-33H,4,7,11-13H2,1H3,(H,27,28,34). The minimum absolute atomic E-state index is 0.0274. The second kappa shape index (κ2) is 9.65. The normalized spacial score (nSPS) is 17.2. The van der Waals surface area contributed by atoms with Crippen molar-refractivity contribution in [3.8, 4) is 17.1 Å². The van der Waals surface area contributed by atoms with Gasteiger partial charge in [-0.15, -0.1) is 0 Å². The van der Waals surface area contributed by atoms with Crippen LogP contribution in [0, 0.1) is 6.92 Å². The fourth-order valence-corrected chi connectivity index (χ4v) is 4.62. The number of nitrogens with zero attached hydrogens (tertiary/aromatic N) is 5. The first kappa shape index (κ1) is 23.3. The number of aryl methyl sites for hydroxylation is 1. The van der Waals surface area contributed by atoms with Crippen LogP contribution < -0.4 is 19.9 Å². The molecule has 0 spiro atoms. The molecular weight excluding hydrogens is 472 g/mol. The predicted octanol–water partition coefficient (Wildman–Crippen LogP) is 2.86. The zero-order chi connectivity index (χ0) is 24.5. The molecule has 1 saturated heterocycles. The van der Waals surface area contributed by atoms with E-state index in [-0.39, 0.29) is 24.6 Å². The Kier molecular flexibility index (Phi) is 6.42. The Morgan fingerprint density at radius 2 is 2.11 bits per heavy atom. The molecule has 2 atom stereocenters. The monoisotopic (exact) mass is 496 g/mol. The summed E-state index contributed by atoms with van der Waals surface area (Å²) in [6.07, 6.45) is 3.01. The number of fused-ring (bicyclic) bond motifs is 4. The number of amides is 2. The summed E-state index contributed by atoms with van der Waals surface area (Å²) in [7, 11) is 0. The third kappa shape index (κ3) is 4.72. The third-order valence-corrected chi connectivity index (χ3v) is 6.33. The summed E-state index contributed by atoms with van der Waals surface area (Å²) in [4.78, 5) is 30.6. The number of urea groups is 1. The Morgan fingerprint density at radius 3 is 2.91 bits per heavy atom. The highest BCUT2D eigenvalue weighted by atomic mass is 35.5. The second-order valence-corrected chi connectivity index (χ2v) is 8.97. The number of ether oxygens (including phenoxy) is 1. The first-order chi connectivity index (χ1) is 16.9. The fourth-order valence-electron chi connectivity index (χ4n) is 4.37. The van der Waals surface area contributed by atoms with Gasteiger partial charge in [-0.1, -0.05) is 11.6 Å². The predicted molar refractivity (Wildman–Crippen MR) is 132 cm³/mol. The molecule has 5 heterocycles. The number of aliphatic hydroxyl groups is 2. The van der Waals surface area contributed by atoms with E-state index in [1.165, 1.54) is 6.20 Å². The zero-order valence-electron chi connectivity index (χ0n) is 19.1. The first-order valence-corrected chi connectivity index (χ1v) is 11.7. The molecule has 35 heavy (non-hydrogen) atoms. The molecular formula is C24H25ClN6O4. The van der Waals surface area contributed by atoms with Crippen molar-refractivity contribution >= 4 is 34.8 Å². The molecule has 1 fully saturated rings. The molecule has 0 saturated carbocycles. The van der Waals surface area contributed by atoms with E-state index in [2.05, 4.69) is 20.2 Å². The van der Waals surface area contributed by atoms with Gasteiger partial charge in [0.1, 0.15) is 12.7 Å². The van der Waals surface area contributed by atoms with Gasteiger partial charge in [-0.3, -0.25) is 9.88 Å². The molecule has 0 aliphatic carbocycles. The van der Waals surface area contributed by atoms with Crippen molar-refractivity contribution in [1.29, 1.82) is 0 Å². The van der Waals surface area contributed by atoms with Gasteiger partial charge < -0.3 is 25.2 Å². The van der Waals surface area contributed by atoms with Crippen molar-refractivity contribution < 1.29 is 19.7 Å². The number of pyridine rings is 3. The van der Waals surface area contributed by atoms with E-state index >= 15 is 0 Å². The zero-order valence-corrected chi connectivity index (χ0v) is 19.8. The highest BCUT2D eigenvalue weighted by Gasteiger charge is 2.41. The van der Waals surface area contributed by atoms with Gasteiger partial charge in [-0.2, -0.15) is 0 Å². The van der Waals surface area contributed by atoms with Crippen LogP contribution in [0.25, 0.3) is 11.3 Å². The molecule has 3 N–H and O–H groups in total. The Bertz CT molecular complexity index is 1260. The van der Waals surface area contributed by atoms with Crippen LogP contribution >= 0.6 is 11.6 Å². The van der Waals surface area contributed by atoms with E-state index in [0.29, 0.717) is 28.8 Å². The highest BCUT2D eigenvalue weighted by molar-refractivity contribution is 6.33. The van der Waals surface area contributed by atoms with E-state index in [9.17, 15) is 9.90 Å². The molecule has 2 bridgehead atoms. The molecule has 0 radical (unpaired) electrons. The van der Waals surface area contributed by atoms with Gasteiger partial charge >= 0.3 is 6.03 Å². The number of aromatic nitrogens is 3. The highest BCUT2D eigenvalue weighted by Crippen LogP contribution is 2.43. The van der Waals surface area contributed by atoms with E-state index in [0.717, 1.165) is 29.9 Å². The van der Waals surface area contributed by atoms with Crippen LogP contribution in [0.3, 0.4) is 0 Å². The Balaban J connectivity index is 1.44. The molecule has 11 heteroatoms. The largest absolute Gasteiger partial charge is 0.475 e. The molecule has 3 aromatic heterocycles. The second-order valence-electron chi connectivity index (χ2n) is 8.57. The van der Waals surface area contributed by atoms with Crippen LogP contribution in [0.2, 0.25) is 5.02 Å². The summed E-state index contributed by atoms with van der Waals surface area (Å²) in [5.74, 6) is 0.781. The van der Waals surface area contributed by atoms with Gasteiger partial charge in [0, 0.05) is 48.5 Å². The van der Waals surface area contributed by atoms with Gasteiger partial charge in [-0.25, -0.2) is 14.8 Å². The van der Waals surface area contributed by atoms with Gasteiger partial charge in [0.05, 0.1) is 29.1 Å². The number of aliphatic hydroxyl groups excluding tert-OH is 2. The summed E-state index contributed by atoms with van der Waals surface area (Å²) in [6, 6.07) is 8.50. The number of halogens is 1. The number of carbonyl (C=O) groups is 1. The lowest BCUT2D eigenvalue weighted by Gasteiger charge is -2.36. The minimum Gasteiger partial charge on any atom is -0.475 e. The van der Waals surface area contributed by atoms with Crippen LogP contribution in [-0.4, -0.2) is 69.6 Å². The summed E-state index contributed by atoms with van der Waals surface area (Å²) in [6.45, 7) is 2.89. The third-order valence-electron chi connectivity index (χ3n) is 6.04. The van der Waals surface area contributed by atoms with Crippen molar-refractivity contribution in [3.63, 3.8) is 0 Å². The lowest BCUT2D eigenvalue weighted by Crippen LogP contribution is -2.48. The van der Waals surface area contributed by atoms with E-state index in [4.69, 9.17) is 26.4 Å². The molecule has 2 aliphatic heterocycles. The molecule has 182 valence electrons. The van der Waals surface area contributed by atoms with Crippen LogP contribution in [0.5, 0.6) is 5.88 Å². The van der Waals surface area contributed by atoms with Gasteiger partial charge in [0.2, 0.25) is 5.88 Å². The molecule has 3 aromatic rings. The van der Waals surface area contributed by atoms with Gasteiger partial charge in [0.15, 0.2) is 5.82 Å². The number of hydrogen-bond donors (Lipinski definition) is 3. The van der Waals surface area contributed by atoms with E-state index < -0.39 is 12.7 Å². The Labute approximate surface area is 207 Å². The number of carbonyl (C=O) groups excluding carboxylic acids is 1. The minimum atomic E-state index is -1.01. The maximum Gasteiger partial charge on any atom is 0.327 e. The molecule has 2 amide bonds. The number of nitrogens with one attached hydrogen (secondary N) is 1. The van der Waals surface area contributed by atoms with Crippen molar-refractivity contribution in [3.05, 3.63) is 53.4 Å². The van der Waals surface area contributed by atoms with Crippen LogP contribution in [0.15, 0.2) is 42.7 Å². The summed E-state index contributed by atoms with van der Waals surface area (Å²) < 4.78 is 5.39. The van der Waals surface area contributed by atoms with Crippen molar-refractivity contribution in [2.75, 3.05) is 41.4 Å². The lowest BCUT2D eigenvalue weighted by atomic mass is 10.1. The van der Waals surface area contributed by atoms with Crippen molar-refractivity contribution in [2.45, 2.75) is 25.5 Å². The quantitative estimate of drug-likeness (QED) is 0.476. The van der Waals surface area contributed by atoms with Crippen LogP contribution in [-0.2, 0) is 0 Å². The molecule has 2 unspecified atom stereocenters. The SMILES string of the molecule is Cc1cc(-c2nc3c(cc2Cl)N2CCC(C2)N3C(=O)Nc2ccnc(OCC(O)CO)c2)ccn1. The average molecular weight is 497 g/mol. The van der Waals surface area contributed by atoms with Crippen LogP contribution in [0.1, 0.15) is 12.1 Å². The number of anilines is 3. The fraction of sp³-hybridized carbons (Fsp3) is 0.333. The maximum absolute atomic E-state index is 13.5. The maximum atomic E-state index is 13.5. The molecule has 2 aliphatic rings. The topological polar surface area (TPSA) is 124 Å². The average Bonchev–Trinajstić information content (AvgIpc) is 3.27. The van der Waals surface area contributed by atoms with Crippen LogP contribution in [0.4, 0.5) is 22.0 Å². The van der Waals surface area contributed by atoms with Gasteiger partial charge in [-0.05, 0) is 37.6 Å². The smallest absolute Gasteiger partial charge is 0.327 e. The number of hydrogen-bond acceptors (Lipinski definition) is 8. The number of rotatable bonds is 6. The molecule has 10 nitrogen and oxygen atoms in total. The molecule has 0 aromatic carbocycles. The van der Waals surface area contributed by atoms with Gasteiger partial charge in [0.25, 0.3) is 0 Å².